The van der Waals surface area contributed by atoms with Gasteiger partial charge in [0.25, 0.3) is 5.69 Å². The van der Waals surface area contributed by atoms with E-state index in [2.05, 4.69) is 4.98 Å². The van der Waals surface area contributed by atoms with Crippen LogP contribution >= 0.6 is 23.4 Å². The summed E-state index contributed by atoms with van der Waals surface area (Å²) in [5.74, 6) is -0.914. The van der Waals surface area contributed by atoms with E-state index in [4.69, 9.17) is 16.7 Å². The Labute approximate surface area is 106 Å². The van der Waals surface area contributed by atoms with Gasteiger partial charge in [0.15, 0.2) is 0 Å². The molecule has 1 unspecified atom stereocenters. The number of aromatic nitrogens is 1. The molecule has 1 aromatic rings. The van der Waals surface area contributed by atoms with Gasteiger partial charge in [-0.3, -0.25) is 14.9 Å². The van der Waals surface area contributed by atoms with Crippen LogP contribution in [0.25, 0.3) is 0 Å². The number of hydrogen-bond acceptors (Lipinski definition) is 5. The minimum atomic E-state index is -0.914. The highest BCUT2D eigenvalue weighted by Crippen LogP contribution is 2.31. The highest BCUT2D eigenvalue weighted by molar-refractivity contribution is 8.00. The van der Waals surface area contributed by atoms with Crippen molar-refractivity contribution >= 4 is 35.0 Å². The van der Waals surface area contributed by atoms with E-state index in [-0.39, 0.29) is 22.4 Å². The number of carboxylic acid groups (broad SMARTS) is 1. The SMILES string of the molecule is CC(CC(=O)O)Sc1ncc([N+](=O)[O-])cc1Cl. The average molecular weight is 277 g/mol. The lowest BCUT2D eigenvalue weighted by Crippen LogP contribution is -2.06. The fraction of sp³-hybridized carbons (Fsp3) is 0.333. The van der Waals surface area contributed by atoms with Crippen molar-refractivity contribution in [3.63, 3.8) is 0 Å². The van der Waals surface area contributed by atoms with Crippen molar-refractivity contribution in [1.82, 2.24) is 4.98 Å². The fourth-order valence-electron chi connectivity index (χ4n) is 1.08. The summed E-state index contributed by atoms with van der Waals surface area (Å²) in [7, 11) is 0. The van der Waals surface area contributed by atoms with E-state index >= 15 is 0 Å². The maximum atomic E-state index is 10.5. The standard InChI is InChI=1S/C9H9ClN2O4S/c1-5(2-8(13)14)17-9-7(10)3-6(4-11-9)12(15)16/h3-5H,2H2,1H3,(H,13,14). The summed E-state index contributed by atoms with van der Waals surface area (Å²) in [5, 5.41) is 19.4. The van der Waals surface area contributed by atoms with Crippen LogP contribution in [-0.4, -0.2) is 26.2 Å². The lowest BCUT2D eigenvalue weighted by atomic mass is 10.3. The zero-order valence-corrected chi connectivity index (χ0v) is 10.4. The second kappa shape index (κ2) is 5.83. The topological polar surface area (TPSA) is 93.3 Å². The summed E-state index contributed by atoms with van der Waals surface area (Å²) in [5.41, 5.74) is -0.190. The third-order valence-corrected chi connectivity index (χ3v) is 3.30. The first-order valence-corrected chi connectivity index (χ1v) is 5.84. The number of pyridine rings is 1. The van der Waals surface area contributed by atoms with Crippen LogP contribution in [0.15, 0.2) is 17.3 Å². The van der Waals surface area contributed by atoms with Crippen molar-refractivity contribution in [1.29, 1.82) is 0 Å². The van der Waals surface area contributed by atoms with Gasteiger partial charge < -0.3 is 5.11 Å². The van der Waals surface area contributed by atoms with E-state index in [1.54, 1.807) is 6.92 Å². The molecule has 1 heterocycles. The number of nitrogens with zero attached hydrogens (tertiary/aromatic N) is 2. The molecule has 92 valence electrons. The molecule has 1 N–H and O–H groups in total. The summed E-state index contributed by atoms with van der Waals surface area (Å²) >= 11 is 6.99. The van der Waals surface area contributed by atoms with Gasteiger partial charge in [0.2, 0.25) is 0 Å². The molecule has 0 amide bonds. The summed E-state index contributed by atoms with van der Waals surface area (Å²) in [4.78, 5) is 24.2. The summed E-state index contributed by atoms with van der Waals surface area (Å²) < 4.78 is 0. The number of rotatable bonds is 5. The Kier molecular flexibility index (Phi) is 4.71. The van der Waals surface area contributed by atoms with Gasteiger partial charge in [-0.25, -0.2) is 4.98 Å². The Bertz CT molecular complexity index is 455. The van der Waals surface area contributed by atoms with E-state index in [9.17, 15) is 14.9 Å². The first kappa shape index (κ1) is 13.7. The maximum absolute atomic E-state index is 10.5. The molecule has 0 aliphatic heterocycles. The summed E-state index contributed by atoms with van der Waals surface area (Å²) in [6.07, 6.45) is 1.07. The van der Waals surface area contributed by atoms with Crippen molar-refractivity contribution in [2.24, 2.45) is 0 Å². The van der Waals surface area contributed by atoms with Crippen LogP contribution in [0.2, 0.25) is 5.02 Å². The van der Waals surface area contributed by atoms with Crippen LogP contribution < -0.4 is 0 Å². The van der Waals surface area contributed by atoms with Crippen molar-refractivity contribution in [3.8, 4) is 0 Å². The minimum Gasteiger partial charge on any atom is -0.481 e. The average Bonchev–Trinajstić information content (AvgIpc) is 2.19. The molecule has 8 heteroatoms. The molecule has 0 spiro atoms. The molecule has 17 heavy (non-hydrogen) atoms. The summed E-state index contributed by atoms with van der Waals surface area (Å²) in [6, 6.07) is 1.20. The van der Waals surface area contributed by atoms with E-state index in [0.717, 1.165) is 6.20 Å². The molecule has 0 aliphatic carbocycles. The van der Waals surface area contributed by atoms with E-state index in [1.165, 1.54) is 17.8 Å². The molecule has 0 saturated heterocycles. The Morgan fingerprint density at radius 1 is 1.76 bits per heavy atom. The molecule has 0 aromatic carbocycles. The molecular weight excluding hydrogens is 268 g/mol. The first-order valence-electron chi connectivity index (χ1n) is 4.58. The van der Waals surface area contributed by atoms with Gasteiger partial charge >= 0.3 is 5.97 Å². The number of halogens is 1. The van der Waals surface area contributed by atoms with Crippen molar-refractivity contribution < 1.29 is 14.8 Å². The maximum Gasteiger partial charge on any atom is 0.304 e. The van der Waals surface area contributed by atoms with Crippen LogP contribution in [0.4, 0.5) is 5.69 Å². The van der Waals surface area contributed by atoms with Crippen molar-refractivity contribution in [2.45, 2.75) is 23.6 Å². The van der Waals surface area contributed by atoms with Gasteiger partial charge in [0.05, 0.1) is 16.4 Å². The Hall–Kier alpha value is -1.34. The number of aliphatic carboxylic acids is 1. The molecule has 0 saturated carbocycles. The van der Waals surface area contributed by atoms with Gasteiger partial charge in [0, 0.05) is 11.3 Å². The quantitative estimate of drug-likeness (QED) is 0.505. The monoisotopic (exact) mass is 276 g/mol. The zero-order chi connectivity index (χ0) is 13.0. The van der Waals surface area contributed by atoms with Crippen LogP contribution in [-0.2, 0) is 4.79 Å². The Morgan fingerprint density at radius 3 is 2.88 bits per heavy atom. The van der Waals surface area contributed by atoms with Crippen molar-refractivity contribution in [3.05, 3.63) is 27.4 Å². The van der Waals surface area contributed by atoms with Gasteiger partial charge in [-0.15, -0.1) is 11.8 Å². The molecule has 1 atom stereocenters. The van der Waals surface area contributed by atoms with Gasteiger partial charge in [0.1, 0.15) is 11.2 Å². The third-order valence-electron chi connectivity index (χ3n) is 1.78. The predicted molar refractivity (Wildman–Crippen MR) is 63.5 cm³/mol. The molecular formula is C9H9ClN2O4S. The van der Waals surface area contributed by atoms with Crippen LogP contribution in [0.5, 0.6) is 0 Å². The van der Waals surface area contributed by atoms with Crippen LogP contribution in [0.3, 0.4) is 0 Å². The summed E-state index contributed by atoms with van der Waals surface area (Å²) in [6.45, 7) is 1.72. The Balaban J connectivity index is 2.79. The van der Waals surface area contributed by atoms with E-state index < -0.39 is 10.9 Å². The third kappa shape index (κ3) is 4.20. The predicted octanol–water partition coefficient (Wildman–Crippen LogP) is 2.60. The molecule has 1 rings (SSSR count). The second-order valence-corrected chi connectivity index (χ2v) is 5.10. The lowest BCUT2D eigenvalue weighted by molar-refractivity contribution is -0.385. The minimum absolute atomic E-state index is 0.0281. The molecule has 6 nitrogen and oxygen atoms in total. The van der Waals surface area contributed by atoms with Crippen molar-refractivity contribution in [2.75, 3.05) is 0 Å². The largest absolute Gasteiger partial charge is 0.481 e. The Morgan fingerprint density at radius 2 is 2.41 bits per heavy atom. The smallest absolute Gasteiger partial charge is 0.304 e. The molecule has 1 aromatic heterocycles. The number of nitro groups is 1. The molecule has 0 aliphatic rings. The van der Waals surface area contributed by atoms with Crippen LogP contribution in [0.1, 0.15) is 13.3 Å². The van der Waals surface area contributed by atoms with Crippen LogP contribution in [0, 0.1) is 10.1 Å². The number of carbonyl (C=O) groups is 1. The molecule has 0 fully saturated rings. The van der Waals surface area contributed by atoms with E-state index in [0.29, 0.717) is 5.03 Å². The highest BCUT2D eigenvalue weighted by atomic mass is 35.5. The number of thioether (sulfide) groups is 1. The molecule has 0 radical (unpaired) electrons. The van der Waals surface area contributed by atoms with Gasteiger partial charge in [-0.2, -0.15) is 0 Å². The number of hydrogen-bond donors (Lipinski definition) is 1. The highest BCUT2D eigenvalue weighted by Gasteiger charge is 2.15. The second-order valence-electron chi connectivity index (χ2n) is 3.26. The van der Waals surface area contributed by atoms with Gasteiger partial charge in [-0.05, 0) is 0 Å². The normalized spacial score (nSPS) is 12.1. The van der Waals surface area contributed by atoms with Gasteiger partial charge in [-0.1, -0.05) is 18.5 Å². The molecule has 0 bridgehead atoms. The first-order chi connectivity index (χ1) is 7.90. The fourth-order valence-corrected chi connectivity index (χ4v) is 2.27. The zero-order valence-electron chi connectivity index (χ0n) is 8.79. The number of carboxylic acids is 1. The van der Waals surface area contributed by atoms with E-state index in [1.807, 2.05) is 0 Å². The lowest BCUT2D eigenvalue weighted by Gasteiger charge is -2.08.